The number of alkyl halides is 3. The first-order valence-corrected chi connectivity index (χ1v) is 11.7. The Morgan fingerprint density at radius 3 is 1.75 bits per heavy atom. The second kappa shape index (κ2) is 9.05. The number of nitrogens with zero attached hydrogens (tertiary/aromatic N) is 2. The molecular formula is C24H23F3N2O2S. The van der Waals surface area contributed by atoms with Gasteiger partial charge in [0.1, 0.15) is 0 Å². The zero-order chi connectivity index (χ0) is 22.8. The molecule has 0 unspecified atom stereocenters. The summed E-state index contributed by atoms with van der Waals surface area (Å²) in [6, 6.07) is 23.9. The Labute approximate surface area is 186 Å². The summed E-state index contributed by atoms with van der Waals surface area (Å²) in [5.41, 5.74) is 1.24. The van der Waals surface area contributed by atoms with Crippen molar-refractivity contribution >= 4 is 10.0 Å². The highest BCUT2D eigenvalue weighted by Crippen LogP contribution is 2.33. The molecule has 4 nitrogen and oxygen atoms in total. The van der Waals surface area contributed by atoms with Gasteiger partial charge in [-0.15, -0.1) is 0 Å². The van der Waals surface area contributed by atoms with Crippen molar-refractivity contribution in [3.63, 3.8) is 0 Å². The summed E-state index contributed by atoms with van der Waals surface area (Å²) in [5, 5.41) is 0. The van der Waals surface area contributed by atoms with Gasteiger partial charge in [0.15, 0.2) is 0 Å². The lowest BCUT2D eigenvalue weighted by Crippen LogP contribution is -2.49. The van der Waals surface area contributed by atoms with Crippen LogP contribution in [0.25, 0.3) is 0 Å². The Kier molecular flexibility index (Phi) is 6.37. The summed E-state index contributed by atoms with van der Waals surface area (Å²) in [4.78, 5) is 1.88. The molecule has 0 radical (unpaired) electrons. The smallest absolute Gasteiger partial charge is 0.290 e. The van der Waals surface area contributed by atoms with Crippen LogP contribution in [0.5, 0.6) is 0 Å². The molecule has 8 heteroatoms. The zero-order valence-corrected chi connectivity index (χ0v) is 18.1. The van der Waals surface area contributed by atoms with E-state index in [-0.39, 0.29) is 24.0 Å². The molecule has 0 bridgehead atoms. The number of benzene rings is 3. The number of sulfonamides is 1. The van der Waals surface area contributed by atoms with Crippen LogP contribution in [0.2, 0.25) is 0 Å². The van der Waals surface area contributed by atoms with Gasteiger partial charge in [-0.3, -0.25) is 4.90 Å². The van der Waals surface area contributed by atoms with Gasteiger partial charge in [-0.1, -0.05) is 66.7 Å². The molecule has 4 rings (SSSR count). The van der Waals surface area contributed by atoms with Gasteiger partial charge < -0.3 is 0 Å². The summed E-state index contributed by atoms with van der Waals surface area (Å²) in [5.74, 6) is 0. The van der Waals surface area contributed by atoms with Gasteiger partial charge in [0.25, 0.3) is 0 Å². The van der Waals surface area contributed by atoms with Crippen molar-refractivity contribution in [3.05, 3.63) is 102 Å². The molecule has 0 atom stereocenters. The molecule has 3 aromatic carbocycles. The van der Waals surface area contributed by atoms with Gasteiger partial charge in [-0.2, -0.15) is 17.5 Å². The first-order chi connectivity index (χ1) is 15.3. The normalized spacial score (nSPS) is 16.4. The molecule has 0 amide bonds. The molecule has 0 aliphatic carbocycles. The van der Waals surface area contributed by atoms with Crippen molar-refractivity contribution in [2.24, 2.45) is 0 Å². The Hall–Kier alpha value is -2.68. The Bertz CT molecular complexity index is 1110. The minimum atomic E-state index is -4.59. The van der Waals surface area contributed by atoms with E-state index in [1.807, 2.05) is 60.7 Å². The van der Waals surface area contributed by atoms with Crippen molar-refractivity contribution in [2.75, 3.05) is 26.2 Å². The summed E-state index contributed by atoms with van der Waals surface area (Å²) in [7, 11) is -4.02. The maximum absolute atomic E-state index is 13.0. The molecule has 32 heavy (non-hydrogen) atoms. The maximum Gasteiger partial charge on any atom is 0.416 e. The van der Waals surface area contributed by atoms with Crippen LogP contribution in [0.4, 0.5) is 13.2 Å². The van der Waals surface area contributed by atoms with E-state index < -0.39 is 21.8 Å². The van der Waals surface area contributed by atoms with E-state index in [0.29, 0.717) is 19.2 Å². The molecule has 0 N–H and O–H groups in total. The molecule has 0 spiro atoms. The largest absolute Gasteiger partial charge is 0.416 e. The van der Waals surface area contributed by atoms with Crippen LogP contribution >= 0.6 is 0 Å². The molecular weight excluding hydrogens is 437 g/mol. The van der Waals surface area contributed by atoms with Crippen LogP contribution in [-0.4, -0.2) is 43.8 Å². The highest BCUT2D eigenvalue weighted by molar-refractivity contribution is 7.89. The van der Waals surface area contributed by atoms with Crippen LogP contribution in [0.1, 0.15) is 22.7 Å². The fraction of sp³-hybridized carbons (Fsp3) is 0.250. The van der Waals surface area contributed by atoms with Crippen LogP contribution in [0, 0.1) is 0 Å². The fourth-order valence-corrected chi connectivity index (χ4v) is 5.54. The molecule has 1 heterocycles. The van der Waals surface area contributed by atoms with Gasteiger partial charge in [0, 0.05) is 26.2 Å². The minimum Gasteiger partial charge on any atom is -0.290 e. The molecule has 0 aromatic heterocycles. The topological polar surface area (TPSA) is 40.6 Å². The number of hydrogen-bond acceptors (Lipinski definition) is 3. The highest BCUT2D eigenvalue weighted by Gasteiger charge is 2.35. The quantitative estimate of drug-likeness (QED) is 0.549. The van der Waals surface area contributed by atoms with Crippen LogP contribution in [-0.2, 0) is 16.2 Å². The molecule has 1 saturated heterocycles. The van der Waals surface area contributed by atoms with E-state index in [1.165, 1.54) is 10.4 Å². The van der Waals surface area contributed by atoms with Crippen LogP contribution in [0.3, 0.4) is 0 Å². The standard InChI is InChI=1S/C24H23F3N2O2S/c25-24(26,27)21-12-7-13-22(18-21)32(30,31)29-16-14-28(15-17-29)23(19-8-3-1-4-9-19)20-10-5-2-6-11-20/h1-13,18,23H,14-17H2. The molecule has 1 fully saturated rings. The maximum atomic E-state index is 13.0. The van der Waals surface area contributed by atoms with Crippen molar-refractivity contribution < 1.29 is 21.6 Å². The lowest BCUT2D eigenvalue weighted by Gasteiger charge is -2.39. The molecule has 1 aliphatic heterocycles. The number of piperazine rings is 1. The van der Waals surface area contributed by atoms with Gasteiger partial charge >= 0.3 is 6.18 Å². The predicted octanol–water partition coefficient (Wildman–Crippen LogP) is 4.80. The minimum absolute atomic E-state index is 0.0317. The lowest BCUT2D eigenvalue weighted by atomic mass is 9.96. The third-order valence-corrected chi connectivity index (χ3v) is 7.56. The van der Waals surface area contributed by atoms with Gasteiger partial charge in [0.2, 0.25) is 10.0 Å². The average molecular weight is 461 g/mol. The summed E-state index contributed by atoms with van der Waals surface area (Å²) in [6.45, 7) is 1.34. The molecule has 1 aliphatic rings. The van der Waals surface area contributed by atoms with E-state index in [4.69, 9.17) is 0 Å². The predicted molar refractivity (Wildman–Crippen MR) is 117 cm³/mol. The van der Waals surface area contributed by atoms with E-state index in [1.54, 1.807) is 0 Å². The average Bonchev–Trinajstić information content (AvgIpc) is 2.81. The Morgan fingerprint density at radius 2 is 1.25 bits per heavy atom. The van der Waals surface area contributed by atoms with E-state index in [0.717, 1.165) is 23.3 Å². The van der Waals surface area contributed by atoms with Gasteiger partial charge in [-0.05, 0) is 29.3 Å². The van der Waals surface area contributed by atoms with Crippen molar-refractivity contribution in [1.29, 1.82) is 0 Å². The first kappa shape index (κ1) is 22.5. The fourth-order valence-electron chi connectivity index (χ4n) is 4.07. The third-order valence-electron chi connectivity index (χ3n) is 5.67. The summed E-state index contributed by atoms with van der Waals surface area (Å²) < 4.78 is 66.5. The molecule has 3 aromatic rings. The van der Waals surface area contributed by atoms with Crippen molar-refractivity contribution in [2.45, 2.75) is 17.1 Å². The van der Waals surface area contributed by atoms with E-state index in [9.17, 15) is 21.6 Å². The monoisotopic (exact) mass is 460 g/mol. The van der Waals surface area contributed by atoms with Gasteiger partial charge in [-0.25, -0.2) is 8.42 Å². The zero-order valence-electron chi connectivity index (χ0n) is 17.2. The Balaban J connectivity index is 1.55. The van der Waals surface area contributed by atoms with Crippen molar-refractivity contribution in [1.82, 2.24) is 9.21 Å². The number of halogens is 3. The van der Waals surface area contributed by atoms with Crippen molar-refractivity contribution in [3.8, 4) is 0 Å². The number of rotatable bonds is 5. The molecule has 0 saturated carbocycles. The van der Waals surface area contributed by atoms with Crippen LogP contribution < -0.4 is 0 Å². The van der Waals surface area contributed by atoms with E-state index >= 15 is 0 Å². The highest BCUT2D eigenvalue weighted by atomic mass is 32.2. The molecule has 168 valence electrons. The van der Waals surface area contributed by atoms with E-state index in [2.05, 4.69) is 4.90 Å². The third kappa shape index (κ3) is 4.72. The summed E-state index contributed by atoms with van der Waals surface area (Å²) in [6.07, 6.45) is -4.59. The number of hydrogen-bond donors (Lipinski definition) is 0. The Morgan fingerprint density at radius 1 is 0.719 bits per heavy atom. The first-order valence-electron chi connectivity index (χ1n) is 10.3. The van der Waals surface area contributed by atoms with Gasteiger partial charge in [0.05, 0.1) is 16.5 Å². The SMILES string of the molecule is O=S(=O)(c1cccc(C(F)(F)F)c1)N1CCN(C(c2ccccc2)c2ccccc2)CC1. The second-order valence-electron chi connectivity index (χ2n) is 7.69. The van der Waals surface area contributed by atoms with Crippen LogP contribution in [0.15, 0.2) is 89.8 Å². The second-order valence-corrected chi connectivity index (χ2v) is 9.63. The summed E-state index contributed by atoms with van der Waals surface area (Å²) >= 11 is 0. The lowest BCUT2D eigenvalue weighted by molar-refractivity contribution is -0.137.